The maximum absolute atomic E-state index is 13.6. The molecule has 0 fully saturated rings. The molecule has 0 N–H and O–H groups in total. The van der Waals surface area contributed by atoms with Crippen LogP contribution in [0.3, 0.4) is 0 Å². The van der Waals surface area contributed by atoms with Gasteiger partial charge < -0.3 is 4.42 Å². The molecule has 0 amide bonds. The molecular weight excluding hydrogens is 478 g/mol. The van der Waals surface area contributed by atoms with Gasteiger partial charge in [0.25, 0.3) is 0 Å². The first-order chi connectivity index (χ1) is 15.3. The van der Waals surface area contributed by atoms with E-state index in [1.54, 1.807) is 25.1 Å². The highest BCUT2D eigenvalue weighted by atomic mass is 35.5. The van der Waals surface area contributed by atoms with Crippen LogP contribution in [-0.4, -0.2) is 25.3 Å². The predicted molar refractivity (Wildman–Crippen MR) is 119 cm³/mol. The van der Waals surface area contributed by atoms with Crippen LogP contribution in [0.25, 0.3) is 28.3 Å². The molecule has 4 rings (SSSR count). The van der Waals surface area contributed by atoms with Crippen molar-refractivity contribution in [3.63, 3.8) is 0 Å². The Hall–Kier alpha value is -2.91. The third-order valence-electron chi connectivity index (χ3n) is 4.50. The average Bonchev–Trinajstić information content (AvgIpc) is 3.13. The van der Waals surface area contributed by atoms with Crippen molar-refractivity contribution in [3.05, 3.63) is 63.4 Å². The van der Waals surface area contributed by atoms with Gasteiger partial charge in [0, 0.05) is 17.3 Å². The van der Waals surface area contributed by atoms with E-state index in [1.165, 1.54) is 12.3 Å². The number of halogens is 5. The molecule has 6 nitrogen and oxygen atoms in total. The molecule has 3 heterocycles. The van der Waals surface area contributed by atoms with Gasteiger partial charge in [0.05, 0.1) is 21.5 Å². The monoisotopic (exact) mass is 495 g/mol. The van der Waals surface area contributed by atoms with Crippen LogP contribution in [0.5, 0.6) is 0 Å². The SMILES string of the molecule is Cc1cc(Cl)cc2/c(=N/C(C)(C)C)oc(-c3cc(C(F)(F)F)nn3-c3ncccc3Cl)nc12. The summed E-state index contributed by atoms with van der Waals surface area (Å²) < 4.78 is 47.6. The first kappa shape index (κ1) is 23.3. The minimum absolute atomic E-state index is 0.00361. The smallest absolute Gasteiger partial charge is 0.418 e. The van der Waals surface area contributed by atoms with Crippen LogP contribution in [0.2, 0.25) is 10.0 Å². The summed E-state index contributed by atoms with van der Waals surface area (Å²) in [4.78, 5) is 13.2. The van der Waals surface area contributed by atoms with Gasteiger partial charge in [-0.2, -0.15) is 18.3 Å². The van der Waals surface area contributed by atoms with Crippen molar-refractivity contribution in [1.82, 2.24) is 19.7 Å². The Bertz CT molecular complexity index is 1430. The van der Waals surface area contributed by atoms with E-state index in [1.807, 2.05) is 20.8 Å². The van der Waals surface area contributed by atoms with Gasteiger partial charge in [0.2, 0.25) is 11.4 Å². The second-order valence-electron chi connectivity index (χ2n) is 8.36. The standard InChI is InChI=1S/C22H18Cl2F3N5O/c1-11-8-12(23)9-13-17(11)29-20(33-19(13)30-21(2,3)4)15-10-16(22(25,26)27)31-32(15)18-14(24)6-5-7-28-18/h5-10H,1-4H3/b30-19-. The lowest BCUT2D eigenvalue weighted by molar-refractivity contribution is -0.141. The van der Waals surface area contributed by atoms with Crippen molar-refractivity contribution in [3.8, 4) is 17.4 Å². The van der Waals surface area contributed by atoms with Crippen molar-refractivity contribution in [2.75, 3.05) is 0 Å². The van der Waals surface area contributed by atoms with Crippen LogP contribution in [-0.2, 0) is 6.18 Å². The fourth-order valence-corrected chi connectivity index (χ4v) is 3.66. The van der Waals surface area contributed by atoms with Gasteiger partial charge in [-0.25, -0.2) is 19.6 Å². The molecule has 0 aliphatic rings. The van der Waals surface area contributed by atoms with E-state index < -0.39 is 17.4 Å². The second-order valence-corrected chi connectivity index (χ2v) is 9.20. The number of benzene rings is 1. The van der Waals surface area contributed by atoms with Crippen molar-refractivity contribution in [2.45, 2.75) is 39.4 Å². The predicted octanol–water partition coefficient (Wildman–Crippen LogP) is 6.41. The van der Waals surface area contributed by atoms with Crippen LogP contribution in [0.1, 0.15) is 32.0 Å². The molecule has 0 saturated carbocycles. The van der Waals surface area contributed by atoms with Crippen LogP contribution < -0.4 is 5.55 Å². The van der Waals surface area contributed by atoms with Crippen molar-refractivity contribution >= 4 is 34.1 Å². The molecule has 0 bridgehead atoms. The lowest BCUT2D eigenvalue weighted by atomic mass is 10.1. The van der Waals surface area contributed by atoms with Crippen LogP contribution in [0.15, 0.2) is 45.9 Å². The molecule has 33 heavy (non-hydrogen) atoms. The topological polar surface area (TPSA) is 69.1 Å². The third-order valence-corrected chi connectivity index (χ3v) is 5.01. The van der Waals surface area contributed by atoms with Gasteiger partial charge in [0.1, 0.15) is 5.69 Å². The van der Waals surface area contributed by atoms with Gasteiger partial charge in [-0.1, -0.05) is 23.2 Å². The highest BCUT2D eigenvalue weighted by molar-refractivity contribution is 6.32. The Balaban J connectivity index is 2.11. The van der Waals surface area contributed by atoms with Gasteiger partial charge >= 0.3 is 6.18 Å². The number of pyridine rings is 1. The maximum atomic E-state index is 13.6. The Morgan fingerprint density at radius 3 is 2.45 bits per heavy atom. The van der Waals surface area contributed by atoms with Crippen molar-refractivity contribution in [2.24, 2.45) is 4.99 Å². The van der Waals surface area contributed by atoms with E-state index in [-0.39, 0.29) is 28.0 Å². The molecule has 0 spiro atoms. The minimum Gasteiger partial charge on any atom is -0.418 e. The van der Waals surface area contributed by atoms with Crippen molar-refractivity contribution < 1.29 is 17.6 Å². The van der Waals surface area contributed by atoms with Gasteiger partial charge in [-0.05, 0) is 57.5 Å². The zero-order valence-corrected chi connectivity index (χ0v) is 19.5. The summed E-state index contributed by atoms with van der Waals surface area (Å²) in [6, 6.07) is 7.26. The van der Waals surface area contributed by atoms with Gasteiger partial charge in [0.15, 0.2) is 11.5 Å². The molecule has 0 saturated heterocycles. The largest absolute Gasteiger partial charge is 0.435 e. The Morgan fingerprint density at radius 2 is 1.82 bits per heavy atom. The summed E-state index contributed by atoms with van der Waals surface area (Å²) in [5.74, 6) is -0.121. The molecular formula is C22H18Cl2F3N5O. The van der Waals surface area contributed by atoms with Gasteiger partial charge in [-0.3, -0.25) is 0 Å². The average molecular weight is 496 g/mol. The summed E-state index contributed by atoms with van der Waals surface area (Å²) in [5.41, 5.74) is -0.396. The summed E-state index contributed by atoms with van der Waals surface area (Å²) >= 11 is 12.4. The zero-order valence-electron chi connectivity index (χ0n) is 18.0. The second kappa shape index (κ2) is 8.14. The van der Waals surface area contributed by atoms with E-state index in [2.05, 4.69) is 20.1 Å². The number of hydrogen-bond acceptors (Lipinski definition) is 5. The third kappa shape index (κ3) is 4.74. The van der Waals surface area contributed by atoms with Crippen LogP contribution >= 0.6 is 23.2 Å². The lowest BCUT2D eigenvalue weighted by Gasteiger charge is -2.13. The number of alkyl halides is 3. The molecule has 3 aromatic heterocycles. The zero-order chi connectivity index (χ0) is 24.1. The first-order valence-corrected chi connectivity index (χ1v) is 10.5. The number of nitrogens with zero attached hydrogens (tertiary/aromatic N) is 5. The summed E-state index contributed by atoms with van der Waals surface area (Å²) in [7, 11) is 0. The highest BCUT2D eigenvalue weighted by Crippen LogP contribution is 2.34. The fourth-order valence-electron chi connectivity index (χ4n) is 3.18. The Morgan fingerprint density at radius 1 is 1.09 bits per heavy atom. The molecule has 172 valence electrons. The molecule has 0 unspecified atom stereocenters. The summed E-state index contributed by atoms with van der Waals surface area (Å²) in [5, 5.41) is 4.81. The van der Waals surface area contributed by atoms with E-state index in [4.69, 9.17) is 27.6 Å². The fraction of sp³-hybridized carbons (Fsp3) is 0.273. The molecule has 0 atom stereocenters. The lowest BCUT2D eigenvalue weighted by Crippen LogP contribution is -2.18. The number of aryl methyl sites for hydroxylation is 1. The number of hydrogen-bond donors (Lipinski definition) is 0. The van der Waals surface area contributed by atoms with E-state index in [0.717, 1.165) is 10.7 Å². The highest BCUT2D eigenvalue weighted by Gasteiger charge is 2.36. The molecule has 4 aromatic rings. The molecule has 0 aliphatic carbocycles. The Kier molecular flexibility index (Phi) is 5.74. The molecule has 11 heteroatoms. The number of fused-ring (bicyclic) bond motifs is 1. The van der Waals surface area contributed by atoms with Crippen LogP contribution in [0, 0.1) is 6.92 Å². The van der Waals surface area contributed by atoms with E-state index in [9.17, 15) is 13.2 Å². The van der Waals surface area contributed by atoms with Crippen molar-refractivity contribution in [1.29, 1.82) is 0 Å². The number of aromatic nitrogens is 4. The molecule has 0 radical (unpaired) electrons. The Labute approximate surface area is 196 Å². The summed E-state index contributed by atoms with van der Waals surface area (Å²) in [6.45, 7) is 7.39. The maximum Gasteiger partial charge on any atom is 0.435 e. The molecule has 0 aliphatic heterocycles. The first-order valence-electron chi connectivity index (χ1n) is 9.79. The van der Waals surface area contributed by atoms with Gasteiger partial charge in [-0.15, -0.1) is 0 Å². The quantitative estimate of drug-likeness (QED) is 0.322. The summed E-state index contributed by atoms with van der Waals surface area (Å²) in [6.07, 6.45) is -3.31. The minimum atomic E-state index is -4.71. The molecule has 1 aromatic carbocycles. The van der Waals surface area contributed by atoms with E-state index >= 15 is 0 Å². The van der Waals surface area contributed by atoms with Crippen LogP contribution in [0.4, 0.5) is 13.2 Å². The number of rotatable bonds is 2. The van der Waals surface area contributed by atoms with E-state index in [0.29, 0.717) is 21.5 Å². The normalized spacial score (nSPS) is 13.2.